The number of aromatic amines is 1. The Morgan fingerprint density at radius 2 is 1.74 bits per heavy atom. The van der Waals surface area contributed by atoms with E-state index in [2.05, 4.69) is 20.3 Å². The van der Waals surface area contributed by atoms with Crippen molar-refractivity contribution in [2.45, 2.75) is 30.2 Å². The monoisotopic (exact) mass is 518 g/mol. The number of nitrogens with zero attached hydrogens (tertiary/aromatic N) is 5. The summed E-state index contributed by atoms with van der Waals surface area (Å²) in [5, 5.41) is 9.05. The third-order valence-corrected chi connectivity index (χ3v) is 8.25. The molecule has 0 aliphatic carbocycles. The van der Waals surface area contributed by atoms with Crippen molar-refractivity contribution in [2.75, 3.05) is 13.1 Å². The maximum atomic E-state index is 13.0. The Labute approximate surface area is 205 Å². The first kappa shape index (κ1) is 23.0. The number of halogens is 2. The predicted molar refractivity (Wildman–Crippen MR) is 129 cm³/mol. The van der Waals surface area contributed by atoms with Gasteiger partial charge in [-0.2, -0.15) is 4.31 Å². The summed E-state index contributed by atoms with van der Waals surface area (Å²) in [4.78, 5) is 20.3. The quantitative estimate of drug-likeness (QED) is 0.432. The first-order chi connectivity index (χ1) is 16.3. The Morgan fingerprint density at radius 1 is 1.03 bits per heavy atom. The van der Waals surface area contributed by atoms with E-state index in [-0.39, 0.29) is 21.9 Å². The predicted octanol–water partition coefficient (Wildman–Crippen LogP) is 3.44. The zero-order valence-corrected chi connectivity index (χ0v) is 20.2. The smallest absolute Gasteiger partial charge is 0.281 e. The SMILES string of the molecule is O=c1[nH]c(C2CCN(S(=O)(=O)c3cccc(Cl)c3)CC2)nc2c1nnn2Cc1cccc(Cl)c1. The average molecular weight is 519 g/mol. The topological polar surface area (TPSA) is 114 Å². The highest BCUT2D eigenvalue weighted by Crippen LogP contribution is 2.29. The van der Waals surface area contributed by atoms with Gasteiger partial charge in [0.1, 0.15) is 5.82 Å². The molecular weight excluding hydrogens is 499 g/mol. The lowest BCUT2D eigenvalue weighted by atomic mass is 9.97. The molecule has 1 aliphatic heterocycles. The van der Waals surface area contributed by atoms with Crippen LogP contribution in [0, 0.1) is 0 Å². The van der Waals surface area contributed by atoms with Crippen molar-refractivity contribution in [1.82, 2.24) is 29.3 Å². The largest absolute Gasteiger partial charge is 0.308 e. The van der Waals surface area contributed by atoms with Crippen LogP contribution in [-0.2, 0) is 16.6 Å². The molecule has 0 unspecified atom stereocenters. The Balaban J connectivity index is 1.37. The van der Waals surface area contributed by atoms with E-state index in [4.69, 9.17) is 23.2 Å². The molecule has 2 aromatic carbocycles. The number of aromatic nitrogens is 5. The van der Waals surface area contributed by atoms with Crippen molar-refractivity contribution >= 4 is 44.4 Å². The third kappa shape index (κ3) is 4.46. The van der Waals surface area contributed by atoms with Gasteiger partial charge in [0, 0.05) is 29.1 Å². The first-order valence-electron chi connectivity index (χ1n) is 10.6. The van der Waals surface area contributed by atoms with Gasteiger partial charge in [0.05, 0.1) is 11.4 Å². The fourth-order valence-corrected chi connectivity index (χ4v) is 6.12. The van der Waals surface area contributed by atoms with Gasteiger partial charge in [0.15, 0.2) is 11.2 Å². The van der Waals surface area contributed by atoms with Gasteiger partial charge in [-0.05, 0) is 48.7 Å². The molecule has 12 heteroatoms. The van der Waals surface area contributed by atoms with Crippen molar-refractivity contribution in [2.24, 2.45) is 0 Å². The molecule has 0 amide bonds. The van der Waals surface area contributed by atoms with Gasteiger partial charge in [0.25, 0.3) is 5.56 Å². The van der Waals surface area contributed by atoms with Gasteiger partial charge in [-0.25, -0.2) is 18.1 Å². The molecule has 2 aromatic heterocycles. The number of nitrogens with one attached hydrogen (secondary N) is 1. The van der Waals surface area contributed by atoms with Crippen LogP contribution in [0.15, 0.2) is 58.2 Å². The molecule has 4 aromatic rings. The third-order valence-electron chi connectivity index (χ3n) is 5.89. The minimum Gasteiger partial charge on any atom is -0.308 e. The number of rotatable bonds is 5. The summed E-state index contributed by atoms with van der Waals surface area (Å²) in [7, 11) is -3.65. The molecule has 34 heavy (non-hydrogen) atoms. The molecule has 9 nitrogen and oxygen atoms in total. The highest BCUT2D eigenvalue weighted by atomic mass is 35.5. The lowest BCUT2D eigenvalue weighted by molar-refractivity contribution is 0.313. The molecule has 0 atom stereocenters. The van der Waals surface area contributed by atoms with Crippen LogP contribution in [0.25, 0.3) is 11.2 Å². The van der Waals surface area contributed by atoms with Crippen LogP contribution in [0.3, 0.4) is 0 Å². The summed E-state index contributed by atoms with van der Waals surface area (Å²) in [6, 6.07) is 13.6. The van der Waals surface area contributed by atoms with Crippen molar-refractivity contribution in [3.63, 3.8) is 0 Å². The number of sulfonamides is 1. The molecule has 176 valence electrons. The van der Waals surface area contributed by atoms with Crippen LogP contribution >= 0.6 is 23.2 Å². The number of hydrogen-bond acceptors (Lipinski definition) is 6. The second kappa shape index (κ2) is 9.10. The highest BCUT2D eigenvalue weighted by Gasteiger charge is 2.31. The Kier molecular flexibility index (Phi) is 6.15. The lowest BCUT2D eigenvalue weighted by Crippen LogP contribution is -2.38. The molecule has 1 fully saturated rings. The standard InChI is InChI=1S/C22H20Cl2N6O3S/c23-16-4-1-3-14(11-16)13-30-21-19(27-28-30)22(31)26-20(25-21)15-7-9-29(10-8-15)34(32,33)18-6-2-5-17(24)12-18/h1-6,11-12,15H,7-10,13H2,(H,25,26,31). The van der Waals surface area contributed by atoms with Gasteiger partial charge in [-0.15, -0.1) is 5.10 Å². The van der Waals surface area contributed by atoms with E-state index in [9.17, 15) is 13.2 Å². The number of benzene rings is 2. The second-order valence-electron chi connectivity index (χ2n) is 8.14. The van der Waals surface area contributed by atoms with E-state index in [0.29, 0.717) is 54.0 Å². The van der Waals surface area contributed by atoms with Gasteiger partial charge in [-0.1, -0.05) is 46.6 Å². The summed E-state index contributed by atoms with van der Waals surface area (Å²) in [5.74, 6) is 0.407. The Bertz CT molecular complexity index is 1530. The zero-order chi connectivity index (χ0) is 23.9. The zero-order valence-electron chi connectivity index (χ0n) is 17.9. The number of fused-ring (bicyclic) bond motifs is 1. The van der Waals surface area contributed by atoms with E-state index in [0.717, 1.165) is 5.56 Å². The molecule has 1 aliphatic rings. The van der Waals surface area contributed by atoms with Crippen LogP contribution < -0.4 is 5.56 Å². The second-order valence-corrected chi connectivity index (χ2v) is 10.9. The molecular formula is C22H20Cl2N6O3S. The fourth-order valence-electron chi connectivity index (χ4n) is 4.14. The summed E-state index contributed by atoms with van der Waals surface area (Å²) in [6.07, 6.45) is 1.04. The normalized spacial score (nSPS) is 15.7. The van der Waals surface area contributed by atoms with Crippen molar-refractivity contribution < 1.29 is 8.42 Å². The molecule has 0 saturated carbocycles. The molecule has 0 radical (unpaired) electrons. The van der Waals surface area contributed by atoms with E-state index < -0.39 is 10.0 Å². The van der Waals surface area contributed by atoms with Crippen LogP contribution in [0.2, 0.25) is 10.0 Å². The van der Waals surface area contributed by atoms with Crippen LogP contribution in [0.1, 0.15) is 30.1 Å². The fraction of sp³-hybridized carbons (Fsp3) is 0.273. The van der Waals surface area contributed by atoms with Crippen LogP contribution in [0.4, 0.5) is 0 Å². The van der Waals surface area contributed by atoms with E-state index in [1.54, 1.807) is 22.9 Å². The van der Waals surface area contributed by atoms with Gasteiger partial charge < -0.3 is 4.98 Å². The van der Waals surface area contributed by atoms with Crippen LogP contribution in [-0.4, -0.2) is 50.8 Å². The van der Waals surface area contributed by atoms with Crippen LogP contribution in [0.5, 0.6) is 0 Å². The van der Waals surface area contributed by atoms with Gasteiger partial charge in [-0.3, -0.25) is 4.79 Å². The van der Waals surface area contributed by atoms with Crippen molar-refractivity contribution in [3.8, 4) is 0 Å². The number of H-pyrrole nitrogens is 1. The molecule has 0 spiro atoms. The van der Waals surface area contributed by atoms with E-state index in [1.165, 1.54) is 16.4 Å². The maximum absolute atomic E-state index is 13.0. The molecule has 0 bridgehead atoms. The number of piperidine rings is 1. The summed E-state index contributed by atoms with van der Waals surface area (Å²) in [5.41, 5.74) is 1.08. The minimum absolute atomic E-state index is 0.0996. The Morgan fingerprint density at radius 3 is 2.44 bits per heavy atom. The van der Waals surface area contributed by atoms with Gasteiger partial charge >= 0.3 is 0 Å². The van der Waals surface area contributed by atoms with E-state index >= 15 is 0 Å². The number of hydrogen-bond donors (Lipinski definition) is 1. The first-order valence-corrected chi connectivity index (χ1v) is 12.8. The highest BCUT2D eigenvalue weighted by molar-refractivity contribution is 7.89. The minimum atomic E-state index is -3.65. The van der Waals surface area contributed by atoms with Crippen molar-refractivity contribution in [3.05, 3.63) is 80.3 Å². The molecule has 5 rings (SSSR count). The van der Waals surface area contributed by atoms with Crippen molar-refractivity contribution in [1.29, 1.82) is 0 Å². The molecule has 1 saturated heterocycles. The average Bonchev–Trinajstić information content (AvgIpc) is 3.22. The summed E-state index contributed by atoms with van der Waals surface area (Å²) < 4.78 is 29.0. The molecule has 3 heterocycles. The van der Waals surface area contributed by atoms with E-state index in [1.807, 2.05) is 18.2 Å². The summed E-state index contributed by atoms with van der Waals surface area (Å²) in [6.45, 7) is 0.978. The maximum Gasteiger partial charge on any atom is 0.281 e. The summed E-state index contributed by atoms with van der Waals surface area (Å²) >= 11 is 12.1. The molecule has 1 N–H and O–H groups in total. The van der Waals surface area contributed by atoms with Gasteiger partial charge in [0.2, 0.25) is 10.0 Å². The Hall–Kier alpha value is -2.79. The lowest BCUT2D eigenvalue weighted by Gasteiger charge is -2.30.